The van der Waals surface area contributed by atoms with Crippen molar-refractivity contribution in [3.8, 4) is 22.4 Å². The van der Waals surface area contributed by atoms with Gasteiger partial charge in [0, 0.05) is 30.0 Å². The normalized spacial score (nSPS) is 10.8. The first-order valence-electron chi connectivity index (χ1n) is 11.0. The largest absolute Gasteiger partial charge is 0.372 e. The molecule has 1 aromatic heterocycles. The molecule has 0 spiro atoms. The Morgan fingerprint density at radius 1 is 0.879 bits per heavy atom. The smallest absolute Gasteiger partial charge is 0.261 e. The maximum Gasteiger partial charge on any atom is 0.261 e. The summed E-state index contributed by atoms with van der Waals surface area (Å²) in [7, 11) is 0. The lowest BCUT2D eigenvalue weighted by Crippen LogP contribution is -2.21. The monoisotopic (exact) mass is 443 g/mol. The fourth-order valence-corrected chi connectivity index (χ4v) is 3.84. The first-order valence-corrected chi connectivity index (χ1v) is 11.0. The van der Waals surface area contributed by atoms with Crippen molar-refractivity contribution in [2.24, 2.45) is 0 Å². The van der Waals surface area contributed by atoms with Gasteiger partial charge in [-0.05, 0) is 68.3 Å². The van der Waals surface area contributed by atoms with E-state index in [1.54, 1.807) is 19.1 Å². The zero-order chi connectivity index (χ0) is 23.4. The second-order valence-corrected chi connectivity index (χ2v) is 7.72. The number of aromatic nitrogens is 1. The highest BCUT2D eigenvalue weighted by molar-refractivity contribution is 6.08. The van der Waals surface area contributed by atoms with Gasteiger partial charge >= 0.3 is 0 Å². The Labute approximate surface area is 192 Å². The van der Waals surface area contributed by atoms with Crippen molar-refractivity contribution in [2.75, 3.05) is 23.3 Å². The van der Waals surface area contributed by atoms with Crippen LogP contribution < -0.4 is 10.2 Å². The number of nitrogens with one attached hydrogen (secondary N) is 1. The van der Waals surface area contributed by atoms with Gasteiger partial charge in [0.1, 0.15) is 22.8 Å². The fourth-order valence-electron chi connectivity index (χ4n) is 3.84. The number of carbonyl (C=O) groups is 1. The molecule has 0 saturated heterocycles. The molecular weight excluding hydrogens is 417 g/mol. The van der Waals surface area contributed by atoms with Gasteiger partial charge in [0.05, 0.1) is 0 Å². The Hall–Kier alpha value is -3.93. The summed E-state index contributed by atoms with van der Waals surface area (Å²) in [6, 6.07) is 21.7. The molecule has 0 unspecified atom stereocenters. The number of hydrogen-bond donors (Lipinski definition) is 1. The molecule has 0 aliphatic carbocycles. The molecule has 1 heterocycles. The summed E-state index contributed by atoms with van der Waals surface area (Å²) >= 11 is 0. The molecule has 1 N–H and O–H groups in total. The van der Waals surface area contributed by atoms with Crippen molar-refractivity contribution in [1.29, 1.82) is 0 Å². The third-order valence-electron chi connectivity index (χ3n) is 5.68. The molecule has 4 rings (SSSR count). The van der Waals surface area contributed by atoms with Crippen molar-refractivity contribution >= 4 is 17.3 Å². The van der Waals surface area contributed by atoms with Crippen LogP contribution in [0.5, 0.6) is 0 Å². The molecule has 0 saturated carbocycles. The highest BCUT2D eigenvalue weighted by Gasteiger charge is 2.22. The van der Waals surface area contributed by atoms with Gasteiger partial charge in [0.2, 0.25) is 0 Å². The molecule has 168 valence electrons. The average Bonchev–Trinajstić information content (AvgIpc) is 3.23. The Balaban J connectivity index is 1.55. The summed E-state index contributed by atoms with van der Waals surface area (Å²) in [5.41, 5.74) is 5.31. The number of nitrogens with zero attached hydrogens (tertiary/aromatic N) is 2. The van der Waals surface area contributed by atoms with Gasteiger partial charge in [-0.15, -0.1) is 0 Å². The molecule has 3 aromatic carbocycles. The van der Waals surface area contributed by atoms with E-state index in [9.17, 15) is 9.18 Å². The molecule has 4 aromatic rings. The van der Waals surface area contributed by atoms with Crippen LogP contribution in [0, 0.1) is 12.7 Å². The summed E-state index contributed by atoms with van der Waals surface area (Å²) in [6.45, 7) is 7.79. The molecule has 33 heavy (non-hydrogen) atoms. The second kappa shape index (κ2) is 9.69. The number of hydrogen-bond acceptors (Lipinski definition) is 4. The van der Waals surface area contributed by atoms with Crippen molar-refractivity contribution in [2.45, 2.75) is 20.8 Å². The van der Waals surface area contributed by atoms with Crippen LogP contribution in [-0.2, 0) is 0 Å². The Morgan fingerprint density at radius 3 is 2.00 bits per heavy atom. The van der Waals surface area contributed by atoms with E-state index in [0.29, 0.717) is 22.7 Å². The Bertz CT molecular complexity index is 1230. The van der Waals surface area contributed by atoms with Crippen LogP contribution in [0.15, 0.2) is 77.3 Å². The SMILES string of the molecule is CCN(CC)c1ccc(NC(=O)c2c(-c3ccc(-c4ccc(F)cc4)cc3)noc2C)cc1. The molecule has 0 fully saturated rings. The maximum atomic E-state index is 13.2. The zero-order valence-electron chi connectivity index (χ0n) is 18.9. The minimum Gasteiger partial charge on any atom is -0.372 e. The number of carbonyl (C=O) groups excluding carboxylic acids is 1. The minimum absolute atomic E-state index is 0.271. The van der Waals surface area contributed by atoms with Crippen molar-refractivity contribution in [3.05, 3.63) is 89.9 Å². The van der Waals surface area contributed by atoms with Crippen LogP contribution in [0.1, 0.15) is 30.0 Å². The molecule has 0 atom stereocenters. The van der Waals surface area contributed by atoms with Gasteiger partial charge < -0.3 is 14.7 Å². The molecular formula is C27H26FN3O2. The van der Waals surface area contributed by atoms with Gasteiger partial charge in [-0.1, -0.05) is 41.6 Å². The Morgan fingerprint density at radius 2 is 1.42 bits per heavy atom. The van der Waals surface area contributed by atoms with Gasteiger partial charge in [-0.2, -0.15) is 0 Å². The van der Waals surface area contributed by atoms with Gasteiger partial charge in [-0.3, -0.25) is 4.79 Å². The number of amides is 1. The first kappa shape index (κ1) is 22.3. The quantitative estimate of drug-likeness (QED) is 0.352. The number of halogens is 1. The van der Waals surface area contributed by atoms with Crippen molar-refractivity contribution in [1.82, 2.24) is 5.16 Å². The predicted octanol–water partition coefficient (Wildman–Crippen LogP) is 6.55. The van der Waals surface area contributed by atoms with Crippen LogP contribution >= 0.6 is 0 Å². The molecule has 6 heteroatoms. The lowest BCUT2D eigenvalue weighted by atomic mass is 10.0. The summed E-state index contributed by atoms with van der Waals surface area (Å²) in [4.78, 5) is 15.3. The molecule has 0 bridgehead atoms. The standard InChI is InChI=1S/C27H26FN3O2/c1-4-31(5-2)24-16-14-23(15-17-24)29-27(32)25-18(3)33-30-26(25)21-8-6-19(7-9-21)20-10-12-22(28)13-11-20/h6-17H,4-5H2,1-3H3,(H,29,32). The maximum absolute atomic E-state index is 13.2. The lowest BCUT2D eigenvalue weighted by molar-refractivity contribution is 0.102. The number of anilines is 2. The highest BCUT2D eigenvalue weighted by Crippen LogP contribution is 2.29. The molecule has 0 aliphatic heterocycles. The van der Waals surface area contributed by atoms with Gasteiger partial charge in [0.15, 0.2) is 0 Å². The van der Waals surface area contributed by atoms with E-state index >= 15 is 0 Å². The number of aryl methyl sites for hydroxylation is 1. The minimum atomic E-state index is -0.276. The molecule has 5 nitrogen and oxygen atoms in total. The van der Waals surface area contributed by atoms with Gasteiger partial charge in [-0.25, -0.2) is 4.39 Å². The van der Waals surface area contributed by atoms with Crippen LogP contribution in [0.4, 0.5) is 15.8 Å². The summed E-state index contributed by atoms with van der Waals surface area (Å²) < 4.78 is 18.6. The van der Waals surface area contributed by atoms with E-state index in [-0.39, 0.29) is 11.7 Å². The van der Waals surface area contributed by atoms with E-state index in [2.05, 4.69) is 29.2 Å². The van der Waals surface area contributed by atoms with Gasteiger partial charge in [0.25, 0.3) is 5.91 Å². The Kier molecular flexibility index (Phi) is 6.54. The molecule has 0 aliphatic rings. The van der Waals surface area contributed by atoms with E-state index in [0.717, 1.165) is 35.5 Å². The van der Waals surface area contributed by atoms with E-state index in [4.69, 9.17) is 4.52 Å². The number of rotatable bonds is 7. The first-order chi connectivity index (χ1) is 16.0. The molecule has 0 radical (unpaired) electrons. The topological polar surface area (TPSA) is 58.4 Å². The van der Waals surface area contributed by atoms with Crippen molar-refractivity contribution in [3.63, 3.8) is 0 Å². The molecule has 1 amide bonds. The van der Waals surface area contributed by atoms with Crippen molar-refractivity contribution < 1.29 is 13.7 Å². The fraction of sp³-hybridized carbons (Fsp3) is 0.185. The van der Waals surface area contributed by atoms with Crippen LogP contribution in [0.3, 0.4) is 0 Å². The third-order valence-corrected chi connectivity index (χ3v) is 5.68. The van der Waals surface area contributed by atoms with Crippen LogP contribution in [0.2, 0.25) is 0 Å². The highest BCUT2D eigenvalue weighted by atomic mass is 19.1. The van der Waals surface area contributed by atoms with E-state index in [1.165, 1.54) is 12.1 Å². The number of benzene rings is 3. The van der Waals surface area contributed by atoms with Crippen LogP contribution in [-0.4, -0.2) is 24.2 Å². The van der Waals surface area contributed by atoms with E-state index < -0.39 is 0 Å². The summed E-state index contributed by atoms with van der Waals surface area (Å²) in [5.74, 6) is -0.0985. The lowest BCUT2D eigenvalue weighted by Gasteiger charge is -2.21. The summed E-state index contributed by atoms with van der Waals surface area (Å²) in [5, 5.41) is 7.08. The average molecular weight is 444 g/mol. The second-order valence-electron chi connectivity index (χ2n) is 7.72. The summed E-state index contributed by atoms with van der Waals surface area (Å²) in [6.07, 6.45) is 0. The predicted molar refractivity (Wildman–Crippen MR) is 130 cm³/mol. The van der Waals surface area contributed by atoms with E-state index in [1.807, 2.05) is 48.5 Å². The third kappa shape index (κ3) is 4.80. The zero-order valence-corrected chi connectivity index (χ0v) is 18.9. The van der Waals surface area contributed by atoms with Crippen LogP contribution in [0.25, 0.3) is 22.4 Å².